The number of hydrogen-bond acceptors (Lipinski definition) is 2. The molecule has 2 fully saturated rings. The van der Waals surface area contributed by atoms with Crippen LogP contribution < -0.4 is 0 Å². The van der Waals surface area contributed by atoms with Gasteiger partial charge in [0.05, 0.1) is 0 Å². The van der Waals surface area contributed by atoms with Crippen LogP contribution in [-0.2, 0) is 9.59 Å². The van der Waals surface area contributed by atoms with Crippen LogP contribution in [0.1, 0.15) is 19.3 Å². The number of fused-ring (bicyclic) bond motifs is 1. The van der Waals surface area contributed by atoms with E-state index in [0.717, 1.165) is 25.8 Å². The molecule has 2 saturated heterocycles. The Morgan fingerprint density at radius 2 is 2.12 bits per heavy atom. The molecule has 17 heavy (non-hydrogen) atoms. The molecule has 0 radical (unpaired) electrons. The number of piperidine rings is 1. The van der Waals surface area contributed by atoms with Crippen LogP contribution in [0.25, 0.3) is 0 Å². The molecular formula is C12H17ClN2O2. The summed E-state index contributed by atoms with van der Waals surface area (Å²) in [5.41, 5.74) is 0. The quantitative estimate of drug-likeness (QED) is 0.559. The molecule has 2 heterocycles. The summed E-state index contributed by atoms with van der Waals surface area (Å²) in [7, 11) is 0. The van der Waals surface area contributed by atoms with Gasteiger partial charge in [-0.15, -0.1) is 11.6 Å². The molecule has 94 valence electrons. The Labute approximate surface area is 106 Å². The van der Waals surface area contributed by atoms with E-state index in [-0.39, 0.29) is 24.4 Å². The fourth-order valence-corrected chi connectivity index (χ4v) is 2.57. The fourth-order valence-electron chi connectivity index (χ4n) is 2.45. The molecule has 0 aliphatic carbocycles. The number of halogens is 1. The maximum Gasteiger partial charge on any atom is 0.246 e. The van der Waals surface area contributed by atoms with Gasteiger partial charge in [0, 0.05) is 19.0 Å². The first-order valence-electron chi connectivity index (χ1n) is 6.03. The lowest BCUT2D eigenvalue weighted by atomic mass is 9.98. The smallest absolute Gasteiger partial charge is 0.246 e. The van der Waals surface area contributed by atoms with Crippen molar-refractivity contribution in [1.82, 2.24) is 9.80 Å². The second-order valence-electron chi connectivity index (χ2n) is 4.44. The number of rotatable bonds is 3. The van der Waals surface area contributed by atoms with Crippen LogP contribution in [0.15, 0.2) is 12.2 Å². The molecule has 1 atom stereocenters. The zero-order valence-electron chi connectivity index (χ0n) is 9.77. The van der Waals surface area contributed by atoms with E-state index in [1.54, 1.807) is 15.9 Å². The van der Waals surface area contributed by atoms with Gasteiger partial charge in [-0.25, -0.2) is 0 Å². The molecular weight excluding hydrogens is 240 g/mol. The summed E-state index contributed by atoms with van der Waals surface area (Å²) in [6.07, 6.45) is 6.50. The van der Waals surface area contributed by atoms with E-state index in [1.165, 1.54) is 0 Å². The lowest BCUT2D eigenvalue weighted by molar-refractivity contribution is -0.157. The Bertz CT molecular complexity index is 343. The van der Waals surface area contributed by atoms with E-state index in [0.29, 0.717) is 12.4 Å². The zero-order valence-corrected chi connectivity index (χ0v) is 10.5. The number of nitrogens with zero attached hydrogens (tertiary/aromatic N) is 2. The highest BCUT2D eigenvalue weighted by Gasteiger charge is 2.39. The second kappa shape index (κ2) is 5.54. The van der Waals surface area contributed by atoms with Crippen LogP contribution in [0.2, 0.25) is 0 Å². The third-order valence-electron chi connectivity index (χ3n) is 3.33. The van der Waals surface area contributed by atoms with E-state index in [9.17, 15) is 9.59 Å². The molecule has 0 aromatic heterocycles. The first-order chi connectivity index (χ1) is 8.24. The number of allylic oxidation sites excluding steroid dienone is 1. The zero-order chi connectivity index (χ0) is 12.3. The number of hydrogen-bond donors (Lipinski definition) is 0. The number of amides is 2. The van der Waals surface area contributed by atoms with Gasteiger partial charge in [0.15, 0.2) is 0 Å². The van der Waals surface area contributed by atoms with Crippen LogP contribution in [-0.4, -0.2) is 53.2 Å². The van der Waals surface area contributed by atoms with Crippen LogP contribution in [0.3, 0.4) is 0 Å². The largest absolute Gasteiger partial charge is 0.329 e. The van der Waals surface area contributed by atoms with Crippen LogP contribution in [0, 0.1) is 0 Å². The van der Waals surface area contributed by atoms with Gasteiger partial charge in [0.2, 0.25) is 11.8 Å². The predicted octanol–water partition coefficient (Wildman–Crippen LogP) is 1.00. The minimum atomic E-state index is -0.214. The molecule has 5 heteroatoms. The predicted molar refractivity (Wildman–Crippen MR) is 65.8 cm³/mol. The van der Waals surface area contributed by atoms with Crippen molar-refractivity contribution in [1.29, 1.82) is 0 Å². The maximum absolute atomic E-state index is 12.2. The SMILES string of the molecule is O=C1C2CCCCN2C(=O)CN1CC=CCCl. The first kappa shape index (κ1) is 12.4. The van der Waals surface area contributed by atoms with Gasteiger partial charge in [0.1, 0.15) is 12.6 Å². The average Bonchev–Trinajstić information content (AvgIpc) is 2.36. The van der Waals surface area contributed by atoms with Crippen molar-refractivity contribution in [3.63, 3.8) is 0 Å². The van der Waals surface area contributed by atoms with Gasteiger partial charge >= 0.3 is 0 Å². The van der Waals surface area contributed by atoms with Crippen molar-refractivity contribution in [2.24, 2.45) is 0 Å². The molecule has 4 nitrogen and oxygen atoms in total. The molecule has 1 unspecified atom stereocenters. The molecule has 0 aromatic carbocycles. The van der Waals surface area contributed by atoms with Gasteiger partial charge in [-0.05, 0) is 19.3 Å². The number of alkyl halides is 1. The summed E-state index contributed by atoms with van der Waals surface area (Å²) >= 11 is 5.53. The van der Waals surface area contributed by atoms with Crippen LogP contribution >= 0.6 is 11.6 Å². The topological polar surface area (TPSA) is 40.6 Å². The van der Waals surface area contributed by atoms with Crippen molar-refractivity contribution in [3.05, 3.63) is 12.2 Å². The standard InChI is InChI=1S/C12H17ClN2O2/c13-6-2-4-7-14-9-11(16)15-8-3-1-5-10(15)12(14)17/h2,4,10H,1,3,5-9H2. The van der Waals surface area contributed by atoms with Gasteiger partial charge < -0.3 is 9.80 Å². The van der Waals surface area contributed by atoms with Crippen molar-refractivity contribution < 1.29 is 9.59 Å². The highest BCUT2D eigenvalue weighted by atomic mass is 35.5. The van der Waals surface area contributed by atoms with Gasteiger partial charge in [0.25, 0.3) is 0 Å². The van der Waals surface area contributed by atoms with E-state index >= 15 is 0 Å². The number of piperazine rings is 1. The highest BCUT2D eigenvalue weighted by Crippen LogP contribution is 2.22. The van der Waals surface area contributed by atoms with Gasteiger partial charge in [-0.1, -0.05) is 12.2 Å². The highest BCUT2D eigenvalue weighted by molar-refractivity contribution is 6.18. The van der Waals surface area contributed by atoms with Crippen molar-refractivity contribution in [3.8, 4) is 0 Å². The molecule has 2 amide bonds. The van der Waals surface area contributed by atoms with Crippen LogP contribution in [0.4, 0.5) is 0 Å². The Morgan fingerprint density at radius 3 is 2.88 bits per heavy atom. The lowest BCUT2D eigenvalue weighted by Crippen LogP contribution is -2.61. The molecule has 0 saturated carbocycles. The Hall–Kier alpha value is -1.03. The van der Waals surface area contributed by atoms with E-state index in [4.69, 9.17) is 11.6 Å². The Kier molecular flexibility index (Phi) is 4.05. The fraction of sp³-hybridized carbons (Fsp3) is 0.667. The molecule has 0 bridgehead atoms. The van der Waals surface area contributed by atoms with Crippen LogP contribution in [0.5, 0.6) is 0 Å². The second-order valence-corrected chi connectivity index (χ2v) is 4.75. The summed E-state index contributed by atoms with van der Waals surface area (Å²) in [4.78, 5) is 27.4. The Morgan fingerprint density at radius 1 is 1.29 bits per heavy atom. The Balaban J connectivity index is 2.03. The maximum atomic E-state index is 12.2. The summed E-state index contributed by atoms with van der Waals surface area (Å²) in [5.74, 6) is 0.600. The number of carbonyl (C=O) groups is 2. The molecule has 2 aliphatic heterocycles. The summed E-state index contributed by atoms with van der Waals surface area (Å²) in [6.45, 7) is 1.43. The average molecular weight is 257 g/mol. The lowest BCUT2D eigenvalue weighted by Gasteiger charge is -2.42. The minimum Gasteiger partial charge on any atom is -0.329 e. The van der Waals surface area contributed by atoms with E-state index in [2.05, 4.69) is 0 Å². The molecule has 0 aromatic rings. The monoisotopic (exact) mass is 256 g/mol. The van der Waals surface area contributed by atoms with Crippen molar-refractivity contribution in [2.75, 3.05) is 25.5 Å². The van der Waals surface area contributed by atoms with E-state index < -0.39 is 0 Å². The molecule has 2 rings (SSSR count). The molecule has 0 spiro atoms. The van der Waals surface area contributed by atoms with Crippen molar-refractivity contribution in [2.45, 2.75) is 25.3 Å². The third-order valence-corrected chi connectivity index (χ3v) is 3.51. The summed E-state index contributed by atoms with van der Waals surface area (Å²) in [6, 6.07) is -0.214. The molecule has 0 N–H and O–H groups in total. The molecule has 2 aliphatic rings. The minimum absolute atomic E-state index is 0.0774. The van der Waals surface area contributed by atoms with E-state index in [1.807, 2.05) is 6.08 Å². The van der Waals surface area contributed by atoms with Gasteiger partial charge in [-0.2, -0.15) is 0 Å². The normalized spacial score (nSPS) is 25.6. The summed E-state index contributed by atoms with van der Waals surface area (Å²) < 4.78 is 0. The first-order valence-corrected chi connectivity index (χ1v) is 6.56. The third kappa shape index (κ3) is 2.63. The summed E-state index contributed by atoms with van der Waals surface area (Å²) in [5, 5.41) is 0. The number of carbonyl (C=O) groups excluding carboxylic acids is 2. The van der Waals surface area contributed by atoms with Gasteiger partial charge in [-0.3, -0.25) is 9.59 Å². The van der Waals surface area contributed by atoms with Crippen molar-refractivity contribution >= 4 is 23.4 Å².